The summed E-state index contributed by atoms with van der Waals surface area (Å²) in [5, 5.41) is 8.83. The van der Waals surface area contributed by atoms with Crippen molar-refractivity contribution in [2.75, 3.05) is 18.1 Å². The van der Waals surface area contributed by atoms with Gasteiger partial charge < -0.3 is 14.6 Å². The Morgan fingerprint density at radius 2 is 2.26 bits per heavy atom. The highest BCUT2D eigenvalue weighted by molar-refractivity contribution is 5.92. The van der Waals surface area contributed by atoms with Crippen LogP contribution in [-0.4, -0.2) is 36.4 Å². The van der Waals surface area contributed by atoms with Crippen molar-refractivity contribution in [3.8, 4) is 5.75 Å². The van der Waals surface area contributed by atoms with E-state index in [4.69, 9.17) is 14.6 Å². The highest BCUT2D eigenvalue weighted by Gasteiger charge is 2.33. The molecule has 0 radical (unpaired) electrons. The zero-order chi connectivity index (χ0) is 13.8. The van der Waals surface area contributed by atoms with Crippen molar-refractivity contribution < 1.29 is 24.2 Å². The molecule has 1 heterocycles. The monoisotopic (exact) mass is 265 g/mol. The minimum Gasteiger partial charge on any atom is -0.492 e. The summed E-state index contributed by atoms with van der Waals surface area (Å²) in [4.78, 5) is 24.0. The molecular weight excluding hydrogens is 250 g/mol. The Morgan fingerprint density at radius 3 is 2.89 bits per heavy atom. The first-order chi connectivity index (χ1) is 9.13. The van der Waals surface area contributed by atoms with E-state index in [0.29, 0.717) is 24.6 Å². The largest absolute Gasteiger partial charge is 0.492 e. The van der Waals surface area contributed by atoms with Crippen molar-refractivity contribution in [1.29, 1.82) is 0 Å². The van der Waals surface area contributed by atoms with Crippen LogP contribution >= 0.6 is 0 Å². The standard InChI is InChI=1S/C13H15NO5/c1-2-18-10-6-4-3-5-9(10)14-8-7-11(12(15)16)19-13(14)17/h3-6,11H,2,7-8H2,1H3,(H,15,16). The number of carboxylic acid groups (broad SMARTS) is 1. The highest BCUT2D eigenvalue weighted by atomic mass is 16.6. The maximum atomic E-state index is 11.9. The number of hydrogen-bond donors (Lipinski definition) is 1. The lowest BCUT2D eigenvalue weighted by molar-refractivity contribution is -0.147. The number of ether oxygens (including phenoxy) is 2. The number of carboxylic acids is 1. The van der Waals surface area contributed by atoms with E-state index in [1.54, 1.807) is 18.2 Å². The summed E-state index contributed by atoms with van der Waals surface area (Å²) in [7, 11) is 0. The number of carbonyl (C=O) groups is 2. The van der Waals surface area contributed by atoms with Crippen LogP contribution < -0.4 is 9.64 Å². The summed E-state index contributed by atoms with van der Waals surface area (Å²) < 4.78 is 10.3. The second-order valence-electron chi connectivity index (χ2n) is 4.05. The summed E-state index contributed by atoms with van der Waals surface area (Å²) in [6.07, 6.45) is -1.48. The SMILES string of the molecule is CCOc1ccccc1N1CCC(C(=O)O)OC1=O. The summed E-state index contributed by atoms with van der Waals surface area (Å²) in [6.45, 7) is 2.63. The third kappa shape index (κ3) is 2.78. The molecule has 0 spiro atoms. The van der Waals surface area contributed by atoms with Gasteiger partial charge in [0.05, 0.1) is 12.3 Å². The van der Waals surface area contributed by atoms with E-state index < -0.39 is 18.2 Å². The van der Waals surface area contributed by atoms with Crippen LogP contribution in [-0.2, 0) is 9.53 Å². The van der Waals surface area contributed by atoms with E-state index in [-0.39, 0.29) is 6.42 Å². The van der Waals surface area contributed by atoms with Crippen molar-refractivity contribution in [3.05, 3.63) is 24.3 Å². The van der Waals surface area contributed by atoms with E-state index in [0.717, 1.165) is 0 Å². The molecule has 1 fully saturated rings. The van der Waals surface area contributed by atoms with Gasteiger partial charge in [0.1, 0.15) is 5.75 Å². The van der Waals surface area contributed by atoms with Gasteiger partial charge in [-0.2, -0.15) is 0 Å². The van der Waals surface area contributed by atoms with E-state index >= 15 is 0 Å². The molecule has 1 unspecified atom stereocenters. The molecule has 1 aliphatic heterocycles. The minimum atomic E-state index is -1.12. The zero-order valence-electron chi connectivity index (χ0n) is 10.5. The number of carbonyl (C=O) groups excluding carboxylic acids is 1. The third-order valence-corrected chi connectivity index (χ3v) is 2.81. The lowest BCUT2D eigenvalue weighted by Gasteiger charge is -2.30. The summed E-state index contributed by atoms with van der Waals surface area (Å²) in [5.41, 5.74) is 0.596. The molecule has 1 atom stereocenters. The lowest BCUT2D eigenvalue weighted by Crippen LogP contribution is -2.45. The maximum Gasteiger partial charge on any atom is 0.415 e. The second kappa shape index (κ2) is 5.60. The maximum absolute atomic E-state index is 11.9. The second-order valence-corrected chi connectivity index (χ2v) is 4.05. The molecule has 2 rings (SSSR count). The van der Waals surface area contributed by atoms with E-state index in [9.17, 15) is 9.59 Å². The van der Waals surface area contributed by atoms with Gasteiger partial charge >= 0.3 is 12.1 Å². The number of para-hydroxylation sites is 2. The van der Waals surface area contributed by atoms with Gasteiger partial charge in [0.25, 0.3) is 0 Å². The Balaban J connectivity index is 2.19. The highest BCUT2D eigenvalue weighted by Crippen LogP contribution is 2.30. The van der Waals surface area contributed by atoms with Crippen molar-refractivity contribution in [2.24, 2.45) is 0 Å². The molecule has 1 amide bonds. The summed E-state index contributed by atoms with van der Waals surface area (Å²) in [6, 6.07) is 7.10. The molecule has 102 valence electrons. The van der Waals surface area contributed by atoms with Gasteiger partial charge in [-0.25, -0.2) is 9.59 Å². The fourth-order valence-electron chi connectivity index (χ4n) is 1.93. The van der Waals surface area contributed by atoms with Gasteiger partial charge in [-0.3, -0.25) is 4.90 Å². The molecule has 1 aliphatic rings. The molecule has 0 aromatic heterocycles. The average molecular weight is 265 g/mol. The number of amides is 1. The Morgan fingerprint density at radius 1 is 1.53 bits per heavy atom. The van der Waals surface area contributed by atoms with Gasteiger partial charge in [-0.05, 0) is 19.1 Å². The Kier molecular flexibility index (Phi) is 3.89. The van der Waals surface area contributed by atoms with Crippen molar-refractivity contribution in [1.82, 2.24) is 0 Å². The smallest absolute Gasteiger partial charge is 0.415 e. The quantitative estimate of drug-likeness (QED) is 0.899. The number of aliphatic carboxylic acids is 1. The molecule has 1 N–H and O–H groups in total. The molecule has 6 nitrogen and oxygen atoms in total. The van der Waals surface area contributed by atoms with Crippen LogP contribution in [0.25, 0.3) is 0 Å². The Hall–Kier alpha value is -2.24. The van der Waals surface area contributed by atoms with Gasteiger partial charge in [0.15, 0.2) is 0 Å². The molecule has 1 saturated heterocycles. The first kappa shape index (κ1) is 13.2. The minimum absolute atomic E-state index is 0.252. The number of benzene rings is 1. The number of hydrogen-bond acceptors (Lipinski definition) is 4. The van der Waals surface area contributed by atoms with Gasteiger partial charge in [-0.1, -0.05) is 12.1 Å². The van der Waals surface area contributed by atoms with Crippen LogP contribution in [0.3, 0.4) is 0 Å². The average Bonchev–Trinajstić information content (AvgIpc) is 2.40. The van der Waals surface area contributed by atoms with Crippen molar-refractivity contribution in [3.63, 3.8) is 0 Å². The van der Waals surface area contributed by atoms with E-state index in [2.05, 4.69) is 0 Å². The third-order valence-electron chi connectivity index (χ3n) is 2.81. The van der Waals surface area contributed by atoms with Crippen LogP contribution in [0.15, 0.2) is 24.3 Å². The molecular formula is C13H15NO5. The molecule has 0 aliphatic carbocycles. The molecule has 19 heavy (non-hydrogen) atoms. The number of anilines is 1. The summed E-state index contributed by atoms with van der Waals surface area (Å²) in [5.74, 6) is -0.540. The number of nitrogens with zero attached hydrogens (tertiary/aromatic N) is 1. The molecule has 0 saturated carbocycles. The topological polar surface area (TPSA) is 76.1 Å². The van der Waals surface area contributed by atoms with Gasteiger partial charge in [0, 0.05) is 13.0 Å². The fraction of sp³-hybridized carbons (Fsp3) is 0.385. The Labute approximate surface area is 110 Å². The van der Waals surface area contributed by atoms with Gasteiger partial charge in [-0.15, -0.1) is 0 Å². The zero-order valence-corrected chi connectivity index (χ0v) is 10.5. The number of rotatable bonds is 4. The van der Waals surface area contributed by atoms with Crippen LogP contribution in [0, 0.1) is 0 Å². The van der Waals surface area contributed by atoms with Crippen LogP contribution in [0.5, 0.6) is 5.75 Å². The predicted molar refractivity (Wildman–Crippen MR) is 67.5 cm³/mol. The number of cyclic esters (lactones) is 1. The molecule has 1 aromatic rings. The fourth-order valence-corrected chi connectivity index (χ4v) is 1.93. The normalized spacial score (nSPS) is 18.9. The van der Waals surface area contributed by atoms with Crippen LogP contribution in [0.1, 0.15) is 13.3 Å². The van der Waals surface area contributed by atoms with Crippen LogP contribution in [0.2, 0.25) is 0 Å². The van der Waals surface area contributed by atoms with Crippen molar-refractivity contribution >= 4 is 17.7 Å². The van der Waals surface area contributed by atoms with E-state index in [1.165, 1.54) is 4.90 Å². The molecule has 1 aromatic carbocycles. The van der Waals surface area contributed by atoms with E-state index in [1.807, 2.05) is 13.0 Å². The molecule has 6 heteroatoms. The first-order valence-electron chi connectivity index (χ1n) is 6.06. The molecule has 0 bridgehead atoms. The van der Waals surface area contributed by atoms with Gasteiger partial charge in [0.2, 0.25) is 6.10 Å². The lowest BCUT2D eigenvalue weighted by atomic mass is 10.2. The van der Waals surface area contributed by atoms with Crippen LogP contribution in [0.4, 0.5) is 10.5 Å². The summed E-state index contributed by atoms with van der Waals surface area (Å²) >= 11 is 0. The van der Waals surface area contributed by atoms with Crippen molar-refractivity contribution in [2.45, 2.75) is 19.4 Å². The Bertz CT molecular complexity index is 488. The first-order valence-corrected chi connectivity index (χ1v) is 6.06. The predicted octanol–water partition coefficient (Wildman–Crippen LogP) is 1.89.